The number of carbonyl (C=O) groups is 1. The fourth-order valence-electron chi connectivity index (χ4n) is 4.69. The second-order valence-corrected chi connectivity index (χ2v) is 8.58. The molecular formula is C27H26FNO4. The Morgan fingerprint density at radius 3 is 2.58 bits per heavy atom. The first-order valence-electron chi connectivity index (χ1n) is 11.2. The Bertz CT molecular complexity index is 1160. The zero-order chi connectivity index (χ0) is 22.8. The molecule has 33 heavy (non-hydrogen) atoms. The Kier molecular flexibility index (Phi) is 5.87. The van der Waals surface area contributed by atoms with Crippen molar-refractivity contribution in [3.8, 4) is 11.5 Å². The van der Waals surface area contributed by atoms with E-state index in [0.29, 0.717) is 55.4 Å². The van der Waals surface area contributed by atoms with Crippen LogP contribution < -0.4 is 9.47 Å². The predicted octanol–water partition coefficient (Wildman–Crippen LogP) is 3.96. The van der Waals surface area contributed by atoms with Crippen molar-refractivity contribution in [3.05, 3.63) is 94.8 Å². The molecule has 0 aromatic heterocycles. The van der Waals surface area contributed by atoms with E-state index in [2.05, 4.69) is 4.90 Å². The number of benzene rings is 3. The number of aliphatic hydroxyl groups is 1. The van der Waals surface area contributed by atoms with Gasteiger partial charge in [-0.1, -0.05) is 36.4 Å². The Morgan fingerprint density at radius 2 is 1.76 bits per heavy atom. The van der Waals surface area contributed by atoms with Crippen LogP contribution in [0, 0.1) is 5.82 Å². The molecule has 1 atom stereocenters. The molecule has 0 spiro atoms. The number of halogens is 1. The van der Waals surface area contributed by atoms with Gasteiger partial charge in [-0.25, -0.2) is 4.39 Å². The van der Waals surface area contributed by atoms with Crippen molar-refractivity contribution in [1.82, 2.24) is 4.90 Å². The maximum absolute atomic E-state index is 13.6. The Morgan fingerprint density at radius 1 is 1.00 bits per heavy atom. The number of nitrogens with zero attached hydrogens (tertiary/aromatic N) is 1. The van der Waals surface area contributed by atoms with E-state index in [1.807, 2.05) is 24.3 Å². The number of hydrogen-bond donors (Lipinski definition) is 1. The maximum atomic E-state index is 13.6. The van der Waals surface area contributed by atoms with Crippen molar-refractivity contribution in [3.63, 3.8) is 0 Å². The van der Waals surface area contributed by atoms with Gasteiger partial charge in [-0.2, -0.15) is 0 Å². The second kappa shape index (κ2) is 8.96. The van der Waals surface area contributed by atoms with E-state index < -0.39 is 5.60 Å². The van der Waals surface area contributed by atoms with E-state index >= 15 is 0 Å². The van der Waals surface area contributed by atoms with E-state index in [0.717, 1.165) is 24.1 Å². The van der Waals surface area contributed by atoms with Gasteiger partial charge in [-0.15, -0.1) is 0 Å². The van der Waals surface area contributed by atoms with Gasteiger partial charge in [0, 0.05) is 31.6 Å². The first-order chi connectivity index (χ1) is 16.0. The third kappa shape index (κ3) is 4.36. The first kappa shape index (κ1) is 21.6. The van der Waals surface area contributed by atoms with Crippen LogP contribution in [-0.2, 0) is 12.0 Å². The van der Waals surface area contributed by atoms with Gasteiger partial charge >= 0.3 is 0 Å². The molecule has 2 aliphatic heterocycles. The number of hydrogen-bond acceptors (Lipinski definition) is 5. The van der Waals surface area contributed by atoms with Crippen LogP contribution in [0.4, 0.5) is 4.39 Å². The molecule has 0 saturated carbocycles. The van der Waals surface area contributed by atoms with Gasteiger partial charge in [-0.05, 0) is 53.4 Å². The standard InChI is InChI=1S/C27H26FNO4/c28-22-8-6-21(7-9-22)27(31)18-29(13-11-19-3-1-2-4-23(19)27)14-12-24(30)20-5-10-25-26(17-20)33-16-15-32-25/h1-10,17,31H,11-16,18H2. The molecule has 6 heteroatoms. The topological polar surface area (TPSA) is 59.0 Å². The van der Waals surface area contributed by atoms with Crippen molar-refractivity contribution in [2.24, 2.45) is 0 Å². The molecule has 1 unspecified atom stereocenters. The summed E-state index contributed by atoms with van der Waals surface area (Å²) in [5.74, 6) is 0.931. The first-order valence-corrected chi connectivity index (χ1v) is 11.2. The van der Waals surface area contributed by atoms with Gasteiger partial charge in [0.05, 0.1) is 0 Å². The highest BCUT2D eigenvalue weighted by atomic mass is 19.1. The quantitative estimate of drug-likeness (QED) is 0.600. The van der Waals surface area contributed by atoms with Gasteiger partial charge < -0.3 is 14.6 Å². The zero-order valence-electron chi connectivity index (χ0n) is 18.3. The van der Waals surface area contributed by atoms with E-state index in [1.54, 1.807) is 30.3 Å². The highest BCUT2D eigenvalue weighted by Gasteiger charge is 2.37. The Labute approximate surface area is 192 Å². The van der Waals surface area contributed by atoms with Crippen LogP contribution in [0.2, 0.25) is 0 Å². The number of rotatable bonds is 5. The fraction of sp³-hybridized carbons (Fsp3) is 0.296. The number of carbonyl (C=O) groups excluding carboxylic acids is 1. The van der Waals surface area contributed by atoms with E-state index in [9.17, 15) is 14.3 Å². The average Bonchev–Trinajstić information content (AvgIpc) is 3.00. The van der Waals surface area contributed by atoms with Crippen molar-refractivity contribution in [1.29, 1.82) is 0 Å². The molecule has 5 nitrogen and oxygen atoms in total. The third-order valence-electron chi connectivity index (χ3n) is 6.45. The molecular weight excluding hydrogens is 421 g/mol. The molecule has 1 N–H and O–H groups in total. The molecule has 5 rings (SSSR count). The van der Waals surface area contributed by atoms with E-state index in [4.69, 9.17) is 9.47 Å². The summed E-state index contributed by atoms with van der Waals surface area (Å²) in [5, 5.41) is 11.9. The molecule has 0 saturated heterocycles. The maximum Gasteiger partial charge on any atom is 0.164 e. The summed E-state index contributed by atoms with van der Waals surface area (Å²) in [6.45, 7) is 2.53. The van der Waals surface area contributed by atoms with Gasteiger partial charge in [0.2, 0.25) is 0 Å². The fourth-order valence-corrected chi connectivity index (χ4v) is 4.69. The van der Waals surface area contributed by atoms with Crippen molar-refractivity contribution in [2.45, 2.75) is 18.4 Å². The number of Topliss-reactive ketones (excluding diaryl/α,β-unsaturated/α-hetero) is 1. The summed E-state index contributed by atoms with van der Waals surface area (Å²) in [6, 6.07) is 19.1. The molecule has 3 aromatic rings. The molecule has 0 radical (unpaired) electrons. The minimum absolute atomic E-state index is 0.0130. The molecule has 0 fully saturated rings. The van der Waals surface area contributed by atoms with Crippen LogP contribution in [-0.4, -0.2) is 48.6 Å². The van der Waals surface area contributed by atoms with E-state index in [-0.39, 0.29) is 11.6 Å². The lowest BCUT2D eigenvalue weighted by atomic mass is 9.83. The molecule has 0 bridgehead atoms. The summed E-state index contributed by atoms with van der Waals surface area (Å²) >= 11 is 0. The van der Waals surface area contributed by atoms with Gasteiger partial charge in [-0.3, -0.25) is 9.69 Å². The molecule has 2 aliphatic rings. The minimum atomic E-state index is -1.29. The van der Waals surface area contributed by atoms with Gasteiger partial charge in [0.25, 0.3) is 0 Å². The van der Waals surface area contributed by atoms with Crippen LogP contribution in [0.1, 0.15) is 33.5 Å². The lowest BCUT2D eigenvalue weighted by Gasteiger charge is -2.33. The molecule has 170 valence electrons. The lowest BCUT2D eigenvalue weighted by Crippen LogP contribution is -2.41. The second-order valence-electron chi connectivity index (χ2n) is 8.58. The van der Waals surface area contributed by atoms with Crippen LogP contribution in [0.15, 0.2) is 66.7 Å². The molecule has 0 aliphatic carbocycles. The summed E-state index contributed by atoms with van der Waals surface area (Å²) in [4.78, 5) is 15.0. The van der Waals surface area contributed by atoms with Crippen LogP contribution >= 0.6 is 0 Å². The van der Waals surface area contributed by atoms with Crippen LogP contribution in [0.5, 0.6) is 11.5 Å². The summed E-state index contributed by atoms with van der Waals surface area (Å²) in [6.07, 6.45) is 1.08. The zero-order valence-corrected chi connectivity index (χ0v) is 18.3. The number of ether oxygens (including phenoxy) is 2. The Hall–Kier alpha value is -3.22. The number of fused-ring (bicyclic) bond motifs is 2. The number of β-amino-alcohol motifs (C(OH)–C–C–N with tert-alkyl or cyclic N) is 1. The largest absolute Gasteiger partial charge is 0.486 e. The van der Waals surface area contributed by atoms with Crippen molar-refractivity contribution >= 4 is 5.78 Å². The van der Waals surface area contributed by atoms with Gasteiger partial charge in [0.1, 0.15) is 24.6 Å². The van der Waals surface area contributed by atoms with Crippen molar-refractivity contribution in [2.75, 3.05) is 32.8 Å². The average molecular weight is 448 g/mol. The summed E-state index contributed by atoms with van der Waals surface area (Å²) < 4.78 is 24.7. The predicted molar refractivity (Wildman–Crippen MR) is 122 cm³/mol. The van der Waals surface area contributed by atoms with E-state index in [1.165, 1.54) is 12.1 Å². The molecule has 2 heterocycles. The smallest absolute Gasteiger partial charge is 0.164 e. The normalized spacial score (nSPS) is 20.1. The van der Waals surface area contributed by atoms with Gasteiger partial charge in [0.15, 0.2) is 17.3 Å². The highest BCUT2D eigenvalue weighted by Crippen LogP contribution is 2.36. The van der Waals surface area contributed by atoms with Crippen LogP contribution in [0.25, 0.3) is 0 Å². The SMILES string of the molecule is O=C(CCN1CCc2ccccc2C(O)(c2ccc(F)cc2)C1)c1ccc2c(c1)OCCO2. The summed E-state index contributed by atoms with van der Waals surface area (Å²) in [5.41, 5.74) is 1.83. The highest BCUT2D eigenvalue weighted by molar-refractivity contribution is 5.96. The van der Waals surface area contributed by atoms with Crippen molar-refractivity contribution < 1.29 is 23.8 Å². The minimum Gasteiger partial charge on any atom is -0.486 e. The summed E-state index contributed by atoms with van der Waals surface area (Å²) in [7, 11) is 0. The number of ketones is 1. The molecule has 0 amide bonds. The monoisotopic (exact) mass is 447 g/mol. The van der Waals surface area contributed by atoms with Crippen LogP contribution in [0.3, 0.4) is 0 Å². The third-order valence-corrected chi connectivity index (χ3v) is 6.45. The Balaban J connectivity index is 1.35. The molecule has 3 aromatic carbocycles. The lowest BCUT2D eigenvalue weighted by molar-refractivity contribution is 0.0400.